The molecule has 2 aromatic heterocycles. The smallest absolute Gasteiger partial charge is 0.258 e. The Morgan fingerprint density at radius 1 is 1.22 bits per heavy atom. The molecule has 27 heavy (non-hydrogen) atoms. The molecule has 3 heterocycles. The zero-order valence-electron chi connectivity index (χ0n) is 14.7. The summed E-state index contributed by atoms with van der Waals surface area (Å²) >= 11 is 0. The fraction of sp³-hybridized carbons (Fsp3) is 0.200. The molecule has 0 unspecified atom stereocenters. The third-order valence-corrected chi connectivity index (χ3v) is 4.50. The monoisotopic (exact) mass is 361 g/mol. The molecular formula is C20H19N5O2. The molecule has 136 valence electrons. The number of rotatable bonds is 5. The van der Waals surface area contributed by atoms with Gasteiger partial charge in [0.15, 0.2) is 0 Å². The van der Waals surface area contributed by atoms with Crippen molar-refractivity contribution < 1.29 is 9.53 Å². The Hall–Kier alpha value is -3.32. The van der Waals surface area contributed by atoms with E-state index in [1.54, 1.807) is 23.4 Å². The van der Waals surface area contributed by atoms with Crippen LogP contribution in [0.4, 0.5) is 5.69 Å². The Kier molecular flexibility index (Phi) is 4.76. The van der Waals surface area contributed by atoms with E-state index >= 15 is 0 Å². The third kappa shape index (κ3) is 3.63. The fourth-order valence-electron chi connectivity index (χ4n) is 3.11. The molecule has 7 heteroatoms. The van der Waals surface area contributed by atoms with Crippen molar-refractivity contribution in [3.8, 4) is 5.88 Å². The van der Waals surface area contributed by atoms with Crippen LogP contribution in [0.15, 0.2) is 55.1 Å². The van der Waals surface area contributed by atoms with Gasteiger partial charge in [-0.3, -0.25) is 9.78 Å². The molecule has 0 atom stereocenters. The number of ether oxygens (including phenoxy) is 1. The molecule has 0 fully saturated rings. The van der Waals surface area contributed by atoms with Crippen molar-refractivity contribution in [1.29, 1.82) is 0 Å². The predicted octanol–water partition coefficient (Wildman–Crippen LogP) is 2.11. The van der Waals surface area contributed by atoms with Crippen LogP contribution in [0.2, 0.25) is 0 Å². The summed E-state index contributed by atoms with van der Waals surface area (Å²) in [6.07, 6.45) is 5.78. The maximum Gasteiger partial charge on any atom is 0.258 e. The van der Waals surface area contributed by atoms with E-state index in [1.165, 1.54) is 6.33 Å². The molecule has 0 saturated heterocycles. The van der Waals surface area contributed by atoms with Crippen molar-refractivity contribution in [2.24, 2.45) is 5.73 Å². The number of benzene rings is 1. The van der Waals surface area contributed by atoms with E-state index in [2.05, 4.69) is 15.0 Å². The van der Waals surface area contributed by atoms with E-state index in [0.29, 0.717) is 36.8 Å². The number of fused-ring (bicyclic) bond motifs is 1. The summed E-state index contributed by atoms with van der Waals surface area (Å²) in [5.41, 5.74) is 9.84. The van der Waals surface area contributed by atoms with Crippen molar-refractivity contribution in [3.63, 3.8) is 0 Å². The number of hydrogen-bond donors (Lipinski definition) is 1. The highest BCUT2D eigenvalue weighted by molar-refractivity contribution is 6.07. The van der Waals surface area contributed by atoms with Crippen LogP contribution in [0.5, 0.6) is 5.88 Å². The van der Waals surface area contributed by atoms with Crippen LogP contribution in [-0.2, 0) is 19.6 Å². The van der Waals surface area contributed by atoms with Gasteiger partial charge in [0.05, 0.1) is 17.6 Å². The van der Waals surface area contributed by atoms with E-state index in [1.807, 2.05) is 30.3 Å². The van der Waals surface area contributed by atoms with Gasteiger partial charge < -0.3 is 15.4 Å². The number of nitrogens with two attached hydrogens (primary N) is 1. The van der Waals surface area contributed by atoms with Crippen LogP contribution in [0.1, 0.15) is 27.2 Å². The lowest BCUT2D eigenvalue weighted by molar-refractivity contribution is 0.0989. The van der Waals surface area contributed by atoms with Gasteiger partial charge in [-0.25, -0.2) is 9.97 Å². The number of pyridine rings is 1. The summed E-state index contributed by atoms with van der Waals surface area (Å²) in [6, 6.07) is 11.1. The maximum absolute atomic E-state index is 12.9. The first-order valence-electron chi connectivity index (χ1n) is 8.72. The normalized spacial score (nSPS) is 12.7. The summed E-state index contributed by atoms with van der Waals surface area (Å²) in [4.78, 5) is 27.0. The van der Waals surface area contributed by atoms with Gasteiger partial charge in [-0.05, 0) is 35.7 Å². The first kappa shape index (κ1) is 17.1. The quantitative estimate of drug-likeness (QED) is 0.748. The van der Waals surface area contributed by atoms with Crippen LogP contribution in [0.3, 0.4) is 0 Å². The number of anilines is 1. The van der Waals surface area contributed by atoms with Crippen LogP contribution < -0.4 is 15.4 Å². The zero-order chi connectivity index (χ0) is 18.6. The largest absolute Gasteiger partial charge is 0.473 e. The van der Waals surface area contributed by atoms with Crippen molar-refractivity contribution in [2.45, 2.75) is 19.6 Å². The van der Waals surface area contributed by atoms with E-state index < -0.39 is 0 Å². The molecule has 1 amide bonds. The Morgan fingerprint density at radius 2 is 2.15 bits per heavy atom. The average Bonchev–Trinajstić information content (AvgIpc) is 3.16. The van der Waals surface area contributed by atoms with Crippen LogP contribution >= 0.6 is 0 Å². The second-order valence-electron chi connectivity index (χ2n) is 6.25. The second-order valence-corrected chi connectivity index (χ2v) is 6.25. The number of nitrogens with zero attached hydrogens (tertiary/aromatic N) is 4. The number of hydrogen-bond acceptors (Lipinski definition) is 6. The van der Waals surface area contributed by atoms with Crippen molar-refractivity contribution in [3.05, 3.63) is 77.5 Å². The molecule has 4 rings (SSSR count). The van der Waals surface area contributed by atoms with Crippen LogP contribution in [0.25, 0.3) is 0 Å². The molecule has 0 bridgehead atoms. The summed E-state index contributed by atoms with van der Waals surface area (Å²) in [6.45, 7) is 1.30. The van der Waals surface area contributed by atoms with Gasteiger partial charge in [0.2, 0.25) is 5.88 Å². The van der Waals surface area contributed by atoms with E-state index in [9.17, 15) is 4.79 Å². The third-order valence-electron chi connectivity index (χ3n) is 4.50. The number of aromatic nitrogens is 3. The zero-order valence-corrected chi connectivity index (χ0v) is 14.7. The number of amides is 1. The number of carbonyl (C=O) groups excluding carboxylic acids is 1. The molecule has 2 N–H and O–H groups in total. The average molecular weight is 361 g/mol. The highest BCUT2D eigenvalue weighted by Crippen LogP contribution is 2.28. The molecule has 0 radical (unpaired) electrons. The van der Waals surface area contributed by atoms with Gasteiger partial charge >= 0.3 is 0 Å². The molecule has 1 aliphatic heterocycles. The van der Waals surface area contributed by atoms with Gasteiger partial charge in [-0.1, -0.05) is 12.1 Å². The Labute approximate surface area is 156 Å². The van der Waals surface area contributed by atoms with Crippen molar-refractivity contribution >= 4 is 11.6 Å². The number of carbonyl (C=O) groups is 1. The van der Waals surface area contributed by atoms with Crippen LogP contribution in [0, 0.1) is 0 Å². The predicted molar refractivity (Wildman–Crippen MR) is 100 cm³/mol. The SMILES string of the molecule is NCc1cc(OCc2cccc(C(=O)N3CCc4ccncc43)c2)ncn1. The summed E-state index contributed by atoms with van der Waals surface area (Å²) in [5.74, 6) is 0.428. The highest BCUT2D eigenvalue weighted by atomic mass is 16.5. The summed E-state index contributed by atoms with van der Waals surface area (Å²) in [5, 5.41) is 0. The van der Waals surface area contributed by atoms with Gasteiger partial charge in [-0.15, -0.1) is 0 Å². The van der Waals surface area contributed by atoms with Crippen LogP contribution in [-0.4, -0.2) is 27.4 Å². The van der Waals surface area contributed by atoms with E-state index in [4.69, 9.17) is 10.5 Å². The Bertz CT molecular complexity index is 976. The van der Waals surface area contributed by atoms with E-state index in [0.717, 1.165) is 23.2 Å². The molecular weight excluding hydrogens is 342 g/mol. The molecule has 0 saturated carbocycles. The first-order valence-corrected chi connectivity index (χ1v) is 8.72. The summed E-state index contributed by atoms with van der Waals surface area (Å²) in [7, 11) is 0. The van der Waals surface area contributed by atoms with Crippen molar-refractivity contribution in [1.82, 2.24) is 15.0 Å². The highest BCUT2D eigenvalue weighted by Gasteiger charge is 2.25. The summed E-state index contributed by atoms with van der Waals surface area (Å²) < 4.78 is 5.71. The van der Waals surface area contributed by atoms with Gasteiger partial charge in [0.1, 0.15) is 12.9 Å². The lowest BCUT2D eigenvalue weighted by atomic mass is 10.1. The van der Waals surface area contributed by atoms with E-state index in [-0.39, 0.29) is 5.91 Å². The fourth-order valence-corrected chi connectivity index (χ4v) is 3.11. The Balaban J connectivity index is 1.48. The minimum absolute atomic E-state index is 0.0314. The first-order chi connectivity index (χ1) is 13.2. The molecule has 0 aliphatic carbocycles. The molecule has 7 nitrogen and oxygen atoms in total. The topological polar surface area (TPSA) is 94.2 Å². The van der Waals surface area contributed by atoms with Gasteiger partial charge in [0.25, 0.3) is 5.91 Å². The molecule has 0 spiro atoms. The van der Waals surface area contributed by atoms with Gasteiger partial charge in [0, 0.05) is 30.9 Å². The second kappa shape index (κ2) is 7.51. The minimum atomic E-state index is -0.0314. The van der Waals surface area contributed by atoms with Gasteiger partial charge in [-0.2, -0.15) is 0 Å². The molecule has 1 aromatic carbocycles. The molecule has 1 aliphatic rings. The lowest BCUT2D eigenvalue weighted by Crippen LogP contribution is -2.29. The maximum atomic E-state index is 12.9. The Morgan fingerprint density at radius 3 is 3.04 bits per heavy atom. The standard InChI is InChI=1S/C20H19N5O2/c21-10-17-9-19(24-13-23-17)27-12-14-2-1-3-16(8-14)20(26)25-7-5-15-4-6-22-11-18(15)25/h1-4,6,8-9,11,13H,5,7,10,12,21H2. The molecule has 3 aromatic rings. The minimum Gasteiger partial charge on any atom is -0.473 e. The lowest BCUT2D eigenvalue weighted by Gasteiger charge is -2.17. The van der Waals surface area contributed by atoms with Crippen molar-refractivity contribution in [2.75, 3.05) is 11.4 Å².